The largest absolute Gasteiger partial charge is 0.457 e. The molecule has 0 spiro atoms. The normalized spacial score (nSPS) is 20.1. The standard InChI is InChI=1S/C16H19IO3/c1-2-13(17)15(18)20-16(8-4-3-5-9-16)12-10-11-6-7-14(12)19-11/h6-7,10,13H,2-5,8-9H2,1H3. The minimum atomic E-state index is -0.463. The van der Waals surface area contributed by atoms with Gasteiger partial charge in [-0.2, -0.15) is 0 Å². The molecule has 2 heterocycles. The van der Waals surface area contributed by atoms with Crippen molar-refractivity contribution in [1.82, 2.24) is 0 Å². The summed E-state index contributed by atoms with van der Waals surface area (Å²) in [6.45, 7) is 2.01. The molecule has 20 heavy (non-hydrogen) atoms. The molecule has 2 aromatic heterocycles. The van der Waals surface area contributed by atoms with Crippen molar-refractivity contribution in [2.24, 2.45) is 0 Å². The summed E-state index contributed by atoms with van der Waals surface area (Å²) in [7, 11) is 0. The van der Waals surface area contributed by atoms with E-state index in [4.69, 9.17) is 9.15 Å². The maximum Gasteiger partial charge on any atom is 0.319 e. The second-order valence-electron chi connectivity index (χ2n) is 5.61. The molecule has 3 nitrogen and oxygen atoms in total. The number of furan rings is 2. The van der Waals surface area contributed by atoms with Crippen LogP contribution < -0.4 is 0 Å². The Bertz CT molecular complexity index is 583. The fourth-order valence-corrected chi connectivity index (χ4v) is 3.24. The Balaban J connectivity index is 1.92. The average Bonchev–Trinajstić information content (AvgIpc) is 3.10. The minimum absolute atomic E-state index is 0.0697. The van der Waals surface area contributed by atoms with Crippen molar-refractivity contribution in [1.29, 1.82) is 0 Å². The first-order valence-corrected chi connectivity index (χ1v) is 8.58. The van der Waals surface area contributed by atoms with Crippen molar-refractivity contribution in [3.8, 4) is 0 Å². The molecule has 1 fully saturated rings. The van der Waals surface area contributed by atoms with Crippen LogP contribution in [0.3, 0.4) is 0 Å². The number of benzene rings is 1. The molecule has 1 atom stereocenters. The topological polar surface area (TPSA) is 39.4 Å². The molecule has 1 aliphatic rings. The first kappa shape index (κ1) is 14.2. The molecule has 0 N–H and O–H groups in total. The number of fused-ring (bicyclic) bond motifs is 2. The lowest BCUT2D eigenvalue weighted by Gasteiger charge is -2.37. The molecule has 4 heteroatoms. The predicted molar refractivity (Wildman–Crippen MR) is 86.4 cm³/mol. The summed E-state index contributed by atoms with van der Waals surface area (Å²) >= 11 is 2.17. The molecule has 0 radical (unpaired) electrons. The number of ether oxygens (including phenoxy) is 1. The van der Waals surface area contributed by atoms with Gasteiger partial charge in [-0.25, -0.2) is 0 Å². The first-order chi connectivity index (χ1) is 9.64. The van der Waals surface area contributed by atoms with Crippen molar-refractivity contribution < 1.29 is 13.9 Å². The van der Waals surface area contributed by atoms with E-state index in [1.54, 1.807) is 0 Å². The van der Waals surface area contributed by atoms with Gasteiger partial charge < -0.3 is 9.15 Å². The van der Waals surface area contributed by atoms with Crippen molar-refractivity contribution in [2.45, 2.75) is 55.0 Å². The van der Waals surface area contributed by atoms with Crippen LogP contribution in [0.1, 0.15) is 51.0 Å². The third-order valence-corrected chi connectivity index (χ3v) is 5.63. The molecule has 0 saturated heterocycles. The average molecular weight is 386 g/mol. The monoisotopic (exact) mass is 386 g/mol. The summed E-state index contributed by atoms with van der Waals surface area (Å²) in [6, 6.07) is 5.99. The quantitative estimate of drug-likeness (QED) is 0.431. The van der Waals surface area contributed by atoms with E-state index in [0.717, 1.165) is 48.8 Å². The number of rotatable bonds is 4. The van der Waals surface area contributed by atoms with Gasteiger partial charge >= 0.3 is 5.97 Å². The molecule has 3 rings (SSSR count). The van der Waals surface area contributed by atoms with E-state index in [1.807, 2.05) is 25.1 Å². The number of carbonyl (C=O) groups excluding carboxylic acids is 1. The van der Waals surface area contributed by atoms with Gasteiger partial charge in [0.05, 0.1) is 0 Å². The van der Waals surface area contributed by atoms with Gasteiger partial charge in [-0.15, -0.1) is 0 Å². The van der Waals surface area contributed by atoms with Crippen LogP contribution >= 0.6 is 22.6 Å². The van der Waals surface area contributed by atoms with E-state index in [0.29, 0.717) is 0 Å². The van der Waals surface area contributed by atoms with Crippen LogP contribution in [0.5, 0.6) is 0 Å². The van der Waals surface area contributed by atoms with Gasteiger partial charge in [-0.1, -0.05) is 35.9 Å². The molecule has 108 valence electrons. The second kappa shape index (κ2) is 5.54. The van der Waals surface area contributed by atoms with Crippen LogP contribution in [0.2, 0.25) is 0 Å². The Morgan fingerprint density at radius 1 is 1.40 bits per heavy atom. The molecule has 1 saturated carbocycles. The molecule has 0 amide bonds. The number of hydrogen-bond donors (Lipinski definition) is 0. The molecule has 1 aliphatic carbocycles. The lowest BCUT2D eigenvalue weighted by atomic mass is 9.79. The fourth-order valence-electron chi connectivity index (χ4n) is 3.12. The van der Waals surface area contributed by atoms with Crippen molar-refractivity contribution in [2.75, 3.05) is 0 Å². The summed E-state index contributed by atoms with van der Waals surface area (Å²) in [5, 5.41) is 0. The summed E-state index contributed by atoms with van der Waals surface area (Å²) in [6.07, 6.45) is 6.05. The van der Waals surface area contributed by atoms with Gasteiger partial charge in [0.15, 0.2) is 0 Å². The van der Waals surface area contributed by atoms with Gasteiger partial charge in [0.2, 0.25) is 0 Å². The summed E-state index contributed by atoms with van der Waals surface area (Å²) < 4.78 is 11.6. The Labute approximate surface area is 132 Å². The van der Waals surface area contributed by atoms with Crippen LogP contribution in [-0.2, 0) is 15.1 Å². The highest BCUT2D eigenvalue weighted by molar-refractivity contribution is 14.1. The lowest BCUT2D eigenvalue weighted by Crippen LogP contribution is -2.36. The van der Waals surface area contributed by atoms with E-state index >= 15 is 0 Å². The highest BCUT2D eigenvalue weighted by Gasteiger charge is 2.41. The molecule has 0 aliphatic heterocycles. The first-order valence-electron chi connectivity index (χ1n) is 7.34. The maximum atomic E-state index is 12.3. The van der Waals surface area contributed by atoms with E-state index in [2.05, 4.69) is 22.6 Å². The molecule has 2 aromatic rings. The number of hydrogen-bond acceptors (Lipinski definition) is 3. The second-order valence-corrected chi connectivity index (χ2v) is 7.12. The highest BCUT2D eigenvalue weighted by Crippen LogP contribution is 2.45. The zero-order chi connectivity index (χ0) is 14.2. The van der Waals surface area contributed by atoms with E-state index in [9.17, 15) is 4.79 Å². The maximum absolute atomic E-state index is 12.3. The van der Waals surface area contributed by atoms with Crippen LogP contribution in [0.25, 0.3) is 11.2 Å². The summed E-state index contributed by atoms with van der Waals surface area (Å²) in [4.78, 5) is 12.3. The Morgan fingerprint density at radius 2 is 2.15 bits per heavy atom. The number of halogens is 1. The fraction of sp³-hybridized carbons (Fsp3) is 0.562. The van der Waals surface area contributed by atoms with E-state index in [-0.39, 0.29) is 9.89 Å². The molecular formula is C16H19IO3. The van der Waals surface area contributed by atoms with Crippen LogP contribution in [0, 0.1) is 0 Å². The van der Waals surface area contributed by atoms with Gasteiger partial charge in [-0.3, -0.25) is 4.79 Å². The molecule has 1 unspecified atom stereocenters. The zero-order valence-corrected chi connectivity index (χ0v) is 13.8. The molecular weight excluding hydrogens is 367 g/mol. The third-order valence-electron chi connectivity index (χ3n) is 4.24. The van der Waals surface area contributed by atoms with E-state index < -0.39 is 5.60 Å². The third kappa shape index (κ3) is 2.43. The smallest absolute Gasteiger partial charge is 0.319 e. The SMILES string of the molecule is CCC(I)C(=O)OC1(c2cc3ccc2o3)CCCCC1. The Morgan fingerprint density at radius 3 is 2.70 bits per heavy atom. The summed E-state index contributed by atoms with van der Waals surface area (Å²) in [5.74, 6) is -0.0896. The number of carbonyl (C=O) groups is 1. The predicted octanol–water partition coefficient (Wildman–Crippen LogP) is 4.79. The summed E-state index contributed by atoms with van der Waals surface area (Å²) in [5.41, 5.74) is 2.35. The van der Waals surface area contributed by atoms with Gasteiger partial charge in [0.25, 0.3) is 0 Å². The highest BCUT2D eigenvalue weighted by atomic mass is 127. The molecule has 2 bridgehead atoms. The minimum Gasteiger partial charge on any atom is -0.457 e. The van der Waals surface area contributed by atoms with Crippen molar-refractivity contribution >= 4 is 39.7 Å². The number of alkyl halides is 1. The van der Waals surface area contributed by atoms with Gasteiger partial charge in [-0.05, 0) is 50.3 Å². The van der Waals surface area contributed by atoms with Gasteiger partial charge in [0, 0.05) is 5.56 Å². The lowest BCUT2D eigenvalue weighted by molar-refractivity contribution is -0.163. The van der Waals surface area contributed by atoms with Crippen LogP contribution in [0.15, 0.2) is 22.6 Å². The Kier molecular flexibility index (Phi) is 3.93. The van der Waals surface area contributed by atoms with Crippen LogP contribution in [0.4, 0.5) is 0 Å². The number of esters is 1. The van der Waals surface area contributed by atoms with Crippen LogP contribution in [-0.4, -0.2) is 9.89 Å². The van der Waals surface area contributed by atoms with E-state index in [1.165, 1.54) is 6.42 Å². The Hall–Kier alpha value is -0.780. The van der Waals surface area contributed by atoms with Crippen molar-refractivity contribution in [3.05, 3.63) is 23.8 Å². The molecule has 0 aromatic carbocycles. The zero-order valence-electron chi connectivity index (χ0n) is 11.7. The van der Waals surface area contributed by atoms with Gasteiger partial charge in [0.1, 0.15) is 20.7 Å². The van der Waals surface area contributed by atoms with Crippen molar-refractivity contribution in [3.63, 3.8) is 0 Å².